The highest BCUT2D eigenvalue weighted by atomic mass is 19.1. The van der Waals surface area contributed by atoms with Crippen molar-refractivity contribution < 1.29 is 4.39 Å². The van der Waals surface area contributed by atoms with Gasteiger partial charge in [0.15, 0.2) is 0 Å². The minimum atomic E-state index is -0.236. The van der Waals surface area contributed by atoms with Crippen LogP contribution < -0.4 is 11.3 Å². The number of hydrogen-bond donors (Lipinski definition) is 2. The summed E-state index contributed by atoms with van der Waals surface area (Å²) in [7, 11) is 0. The Kier molecular flexibility index (Phi) is 3.68. The van der Waals surface area contributed by atoms with Crippen LogP contribution in [0.1, 0.15) is 17.2 Å². The molecule has 1 heterocycles. The summed E-state index contributed by atoms with van der Waals surface area (Å²) >= 11 is 0. The van der Waals surface area contributed by atoms with Gasteiger partial charge in [-0.3, -0.25) is 11.3 Å². The molecular weight excluding hydrogens is 267 g/mol. The first-order valence-electron chi connectivity index (χ1n) is 6.81. The predicted molar refractivity (Wildman–Crippen MR) is 80.9 cm³/mol. The standard InChI is InChI=1S/C16H17FN4/c1-11-8-12(17)6-7-13(11)15(20-18)9-21-10-19-14-4-2-3-5-16(14)21/h2-8,10,15,20H,9,18H2,1H3. The first-order valence-corrected chi connectivity index (χ1v) is 6.81. The number of para-hydroxylation sites is 2. The molecule has 0 saturated carbocycles. The first kappa shape index (κ1) is 13.7. The minimum Gasteiger partial charge on any atom is -0.329 e. The molecule has 4 nitrogen and oxygen atoms in total. The van der Waals surface area contributed by atoms with E-state index in [4.69, 9.17) is 5.84 Å². The number of imidazole rings is 1. The van der Waals surface area contributed by atoms with E-state index in [0.717, 1.165) is 22.2 Å². The molecule has 3 rings (SSSR count). The second-order valence-electron chi connectivity index (χ2n) is 5.11. The molecule has 2 aromatic carbocycles. The van der Waals surface area contributed by atoms with Crippen LogP contribution in [0.25, 0.3) is 11.0 Å². The maximum atomic E-state index is 13.2. The third kappa shape index (κ3) is 2.66. The van der Waals surface area contributed by atoms with Gasteiger partial charge in [0.05, 0.1) is 23.4 Å². The predicted octanol–water partition coefficient (Wildman–Crippen LogP) is 2.69. The van der Waals surface area contributed by atoms with E-state index in [9.17, 15) is 4.39 Å². The number of nitrogens with zero attached hydrogens (tertiary/aromatic N) is 2. The fraction of sp³-hybridized carbons (Fsp3) is 0.188. The number of fused-ring (bicyclic) bond motifs is 1. The maximum absolute atomic E-state index is 13.2. The van der Waals surface area contributed by atoms with E-state index < -0.39 is 0 Å². The Balaban J connectivity index is 1.94. The molecule has 0 fully saturated rings. The zero-order valence-electron chi connectivity index (χ0n) is 11.8. The average molecular weight is 284 g/mol. The molecule has 0 bridgehead atoms. The summed E-state index contributed by atoms with van der Waals surface area (Å²) in [4.78, 5) is 4.37. The molecule has 1 aromatic heterocycles. The number of aryl methyl sites for hydroxylation is 1. The molecule has 0 spiro atoms. The lowest BCUT2D eigenvalue weighted by Gasteiger charge is -2.19. The number of nitrogens with one attached hydrogen (secondary N) is 1. The highest BCUT2D eigenvalue weighted by Crippen LogP contribution is 2.22. The van der Waals surface area contributed by atoms with E-state index in [1.165, 1.54) is 12.1 Å². The number of hydrogen-bond acceptors (Lipinski definition) is 3. The van der Waals surface area contributed by atoms with Crippen LogP contribution in [0.3, 0.4) is 0 Å². The molecule has 0 amide bonds. The van der Waals surface area contributed by atoms with E-state index in [-0.39, 0.29) is 11.9 Å². The van der Waals surface area contributed by atoms with Gasteiger partial charge in [0, 0.05) is 6.54 Å². The van der Waals surface area contributed by atoms with E-state index >= 15 is 0 Å². The summed E-state index contributed by atoms with van der Waals surface area (Å²) in [5, 5.41) is 0. The quantitative estimate of drug-likeness (QED) is 0.572. The fourth-order valence-electron chi connectivity index (χ4n) is 2.62. The van der Waals surface area contributed by atoms with Gasteiger partial charge in [-0.2, -0.15) is 0 Å². The molecule has 0 aliphatic rings. The van der Waals surface area contributed by atoms with Crippen LogP contribution in [-0.4, -0.2) is 9.55 Å². The van der Waals surface area contributed by atoms with Crippen molar-refractivity contribution >= 4 is 11.0 Å². The van der Waals surface area contributed by atoms with Crippen molar-refractivity contribution in [1.29, 1.82) is 0 Å². The van der Waals surface area contributed by atoms with Gasteiger partial charge in [-0.05, 0) is 42.3 Å². The molecule has 3 N–H and O–H groups in total. The van der Waals surface area contributed by atoms with Gasteiger partial charge in [-0.1, -0.05) is 18.2 Å². The van der Waals surface area contributed by atoms with Crippen molar-refractivity contribution in [2.45, 2.75) is 19.5 Å². The SMILES string of the molecule is Cc1cc(F)ccc1C(Cn1cnc2ccccc21)NN. The van der Waals surface area contributed by atoms with E-state index in [1.54, 1.807) is 12.4 Å². The molecular formula is C16H17FN4. The summed E-state index contributed by atoms with van der Waals surface area (Å²) in [6.45, 7) is 2.51. The third-order valence-corrected chi connectivity index (χ3v) is 3.72. The van der Waals surface area contributed by atoms with Gasteiger partial charge in [-0.15, -0.1) is 0 Å². The number of aromatic nitrogens is 2. The Bertz CT molecular complexity index is 766. The zero-order valence-corrected chi connectivity index (χ0v) is 11.8. The van der Waals surface area contributed by atoms with E-state index in [1.807, 2.05) is 35.8 Å². The van der Waals surface area contributed by atoms with Crippen LogP contribution in [0.2, 0.25) is 0 Å². The monoisotopic (exact) mass is 284 g/mol. The average Bonchev–Trinajstić information content (AvgIpc) is 2.89. The molecule has 0 aliphatic carbocycles. The zero-order chi connectivity index (χ0) is 14.8. The van der Waals surface area contributed by atoms with Crippen LogP contribution >= 0.6 is 0 Å². The highest BCUT2D eigenvalue weighted by Gasteiger charge is 2.14. The van der Waals surface area contributed by atoms with Crippen molar-refractivity contribution in [3.63, 3.8) is 0 Å². The van der Waals surface area contributed by atoms with Crippen LogP contribution in [0.15, 0.2) is 48.8 Å². The van der Waals surface area contributed by atoms with Gasteiger partial charge >= 0.3 is 0 Å². The van der Waals surface area contributed by atoms with Gasteiger partial charge in [-0.25, -0.2) is 9.37 Å². The van der Waals surface area contributed by atoms with Crippen molar-refractivity contribution in [3.05, 3.63) is 65.7 Å². The molecule has 3 aromatic rings. The second kappa shape index (κ2) is 5.63. The largest absolute Gasteiger partial charge is 0.329 e. The Labute approximate surface area is 122 Å². The number of nitrogens with two attached hydrogens (primary N) is 1. The molecule has 0 saturated heterocycles. The van der Waals surface area contributed by atoms with Crippen LogP contribution in [0, 0.1) is 12.7 Å². The van der Waals surface area contributed by atoms with E-state index in [0.29, 0.717) is 6.54 Å². The molecule has 5 heteroatoms. The Hall–Kier alpha value is -2.24. The first-order chi connectivity index (χ1) is 10.2. The summed E-state index contributed by atoms with van der Waals surface area (Å²) in [5.41, 5.74) is 6.67. The smallest absolute Gasteiger partial charge is 0.123 e. The summed E-state index contributed by atoms with van der Waals surface area (Å²) in [5.74, 6) is 5.46. The van der Waals surface area contributed by atoms with Gasteiger partial charge in [0.1, 0.15) is 5.82 Å². The summed E-state index contributed by atoms with van der Waals surface area (Å²) in [6.07, 6.45) is 1.80. The van der Waals surface area contributed by atoms with E-state index in [2.05, 4.69) is 10.4 Å². The topological polar surface area (TPSA) is 55.9 Å². The molecule has 1 unspecified atom stereocenters. The lowest BCUT2D eigenvalue weighted by molar-refractivity contribution is 0.478. The normalized spacial score (nSPS) is 12.7. The maximum Gasteiger partial charge on any atom is 0.123 e. The second-order valence-corrected chi connectivity index (χ2v) is 5.11. The van der Waals surface area contributed by atoms with Crippen LogP contribution in [0.4, 0.5) is 4.39 Å². The lowest BCUT2D eigenvalue weighted by atomic mass is 10.0. The van der Waals surface area contributed by atoms with Crippen molar-refractivity contribution in [3.8, 4) is 0 Å². The summed E-state index contributed by atoms with van der Waals surface area (Å²) in [6, 6.07) is 12.6. The molecule has 21 heavy (non-hydrogen) atoms. The number of rotatable bonds is 4. The van der Waals surface area contributed by atoms with Crippen molar-refractivity contribution in [2.75, 3.05) is 0 Å². The van der Waals surface area contributed by atoms with Gasteiger partial charge in [0.2, 0.25) is 0 Å². The molecule has 108 valence electrons. The Morgan fingerprint density at radius 1 is 1.29 bits per heavy atom. The minimum absolute atomic E-state index is 0.108. The fourth-order valence-corrected chi connectivity index (χ4v) is 2.62. The Morgan fingerprint density at radius 2 is 2.10 bits per heavy atom. The number of hydrazine groups is 1. The van der Waals surface area contributed by atoms with Crippen molar-refractivity contribution in [2.24, 2.45) is 5.84 Å². The Morgan fingerprint density at radius 3 is 2.86 bits per heavy atom. The number of benzene rings is 2. The lowest BCUT2D eigenvalue weighted by Crippen LogP contribution is -2.31. The summed E-state index contributed by atoms with van der Waals surface area (Å²) < 4.78 is 15.3. The van der Waals surface area contributed by atoms with Gasteiger partial charge < -0.3 is 4.57 Å². The molecule has 0 aliphatic heterocycles. The molecule has 1 atom stereocenters. The van der Waals surface area contributed by atoms with Crippen LogP contribution in [0.5, 0.6) is 0 Å². The van der Waals surface area contributed by atoms with Crippen molar-refractivity contribution in [1.82, 2.24) is 15.0 Å². The highest BCUT2D eigenvalue weighted by molar-refractivity contribution is 5.74. The third-order valence-electron chi connectivity index (χ3n) is 3.72. The van der Waals surface area contributed by atoms with Gasteiger partial charge in [0.25, 0.3) is 0 Å². The molecule has 0 radical (unpaired) electrons. The number of halogens is 1. The van der Waals surface area contributed by atoms with Crippen LogP contribution in [-0.2, 0) is 6.54 Å².